The van der Waals surface area contributed by atoms with Crippen molar-refractivity contribution in [2.45, 2.75) is 43.8 Å². The van der Waals surface area contributed by atoms with E-state index in [4.69, 9.17) is 16.6 Å². The maximum absolute atomic E-state index is 11.5. The summed E-state index contributed by atoms with van der Waals surface area (Å²) in [6.07, 6.45) is -8.15. The van der Waals surface area contributed by atoms with Gasteiger partial charge in [-0.2, -0.15) is 0 Å². The van der Waals surface area contributed by atoms with Crippen LogP contribution in [0.25, 0.3) is 0 Å². The van der Waals surface area contributed by atoms with Gasteiger partial charge in [0.25, 0.3) is 0 Å². The van der Waals surface area contributed by atoms with Gasteiger partial charge >= 0.3 is 0 Å². The lowest BCUT2D eigenvalue weighted by Gasteiger charge is -2.24. The van der Waals surface area contributed by atoms with Gasteiger partial charge in [0.2, 0.25) is 17.5 Å². The van der Waals surface area contributed by atoms with E-state index in [1.54, 1.807) is 0 Å². The lowest BCUT2D eigenvalue weighted by molar-refractivity contribution is -0.152. The van der Waals surface area contributed by atoms with Crippen LogP contribution >= 0.6 is 0 Å². The number of aliphatic hydroxyl groups excluding tert-OH is 4. The normalized spacial score (nSPS) is 19.1. The molecule has 9 heteroatoms. The second-order valence-electron chi connectivity index (χ2n) is 4.17. The molecule has 0 spiro atoms. The third-order valence-corrected chi connectivity index (χ3v) is 2.44. The van der Waals surface area contributed by atoms with E-state index in [0.717, 1.165) is 6.92 Å². The van der Waals surface area contributed by atoms with Crippen molar-refractivity contribution in [2.24, 2.45) is 11.5 Å². The van der Waals surface area contributed by atoms with Crippen LogP contribution in [0.2, 0.25) is 0 Å². The molecule has 0 heterocycles. The third kappa shape index (κ3) is 5.01. The maximum atomic E-state index is 11.5. The van der Waals surface area contributed by atoms with Crippen LogP contribution in [-0.4, -0.2) is 68.4 Å². The number of carbonyl (C=O) groups excluding carboxylic acids is 3. The Hall–Kier alpha value is -1.39. The largest absolute Gasteiger partial charge is 0.391 e. The number of rotatable bonds is 8. The summed E-state index contributed by atoms with van der Waals surface area (Å²) in [6.45, 7) is 1.12. The summed E-state index contributed by atoms with van der Waals surface area (Å²) in [5, 5.41) is 37.0. The van der Waals surface area contributed by atoms with Crippen LogP contribution in [0.5, 0.6) is 0 Å². The fourth-order valence-electron chi connectivity index (χ4n) is 1.27. The minimum absolute atomic E-state index is 0.591. The topological polar surface area (TPSA) is 184 Å². The Morgan fingerprint density at radius 3 is 1.84 bits per heavy atom. The summed E-state index contributed by atoms with van der Waals surface area (Å²) in [5.41, 5.74) is 10.0. The van der Waals surface area contributed by atoms with Gasteiger partial charge in [0.05, 0.1) is 12.1 Å². The van der Waals surface area contributed by atoms with Crippen LogP contribution in [0.4, 0.5) is 0 Å². The highest BCUT2D eigenvalue weighted by molar-refractivity contribution is 6.41. The lowest BCUT2D eigenvalue weighted by atomic mass is 9.95. The van der Waals surface area contributed by atoms with Crippen molar-refractivity contribution in [1.29, 1.82) is 0 Å². The summed E-state index contributed by atoms with van der Waals surface area (Å²) in [7, 11) is 0. The van der Waals surface area contributed by atoms with Gasteiger partial charge in [-0.1, -0.05) is 0 Å². The van der Waals surface area contributed by atoms with Gasteiger partial charge < -0.3 is 31.9 Å². The summed E-state index contributed by atoms with van der Waals surface area (Å²) < 4.78 is 0. The van der Waals surface area contributed by atoms with Gasteiger partial charge in [0.15, 0.2) is 0 Å². The minimum Gasteiger partial charge on any atom is -0.391 e. The Morgan fingerprint density at radius 2 is 1.47 bits per heavy atom. The van der Waals surface area contributed by atoms with E-state index in [-0.39, 0.29) is 0 Å². The minimum atomic E-state index is -2.25. The van der Waals surface area contributed by atoms with Gasteiger partial charge in [-0.15, -0.1) is 0 Å². The number of nitrogens with two attached hydrogens (primary N) is 2. The number of Topliss-reactive ketones (excluding diaryl/α,β-unsaturated/α-hetero) is 2. The smallest absolute Gasteiger partial charge is 0.231 e. The summed E-state index contributed by atoms with van der Waals surface area (Å²) in [6, 6.07) is -1.53. The molecule has 0 fully saturated rings. The zero-order chi connectivity index (χ0) is 15.3. The molecule has 0 aromatic rings. The Bertz CT molecular complexity index is 358. The molecule has 19 heavy (non-hydrogen) atoms. The Kier molecular flexibility index (Phi) is 6.73. The number of aliphatic hydroxyl groups is 4. The highest BCUT2D eigenvalue weighted by atomic mass is 16.4. The SMILES string of the molecule is C[C@H](O)[C@H](O)[C@@H](O)[C@@H](O)C(=O)C(=O)[C@@H](N)CC(N)=O. The average molecular weight is 278 g/mol. The first kappa shape index (κ1) is 17.6. The molecule has 0 aromatic carbocycles. The highest BCUT2D eigenvalue weighted by Gasteiger charge is 2.37. The van der Waals surface area contributed by atoms with E-state index in [1.165, 1.54) is 0 Å². The van der Waals surface area contributed by atoms with Crippen LogP contribution in [0, 0.1) is 0 Å². The standard InChI is InChI=1S/C10H18N2O7/c1-3(13)6(15)8(17)10(19)9(18)7(16)4(11)2-5(12)14/h3-4,6,8,10,13,15,17,19H,2,11H2,1H3,(H2,12,14)/t3-,4-,6-,8+,10+/m0/s1. The van der Waals surface area contributed by atoms with Crippen molar-refractivity contribution in [1.82, 2.24) is 0 Å². The van der Waals surface area contributed by atoms with E-state index >= 15 is 0 Å². The van der Waals surface area contributed by atoms with Gasteiger partial charge in [-0.3, -0.25) is 14.4 Å². The molecule has 0 aliphatic heterocycles. The van der Waals surface area contributed by atoms with E-state index < -0.39 is 54.4 Å². The number of ketones is 2. The van der Waals surface area contributed by atoms with E-state index in [2.05, 4.69) is 0 Å². The Balaban J connectivity index is 4.72. The molecule has 9 nitrogen and oxygen atoms in total. The molecule has 0 bridgehead atoms. The summed E-state index contributed by atoms with van der Waals surface area (Å²) >= 11 is 0. The molecule has 8 N–H and O–H groups in total. The van der Waals surface area contributed by atoms with Crippen molar-refractivity contribution in [2.75, 3.05) is 0 Å². The fourth-order valence-corrected chi connectivity index (χ4v) is 1.27. The number of primary amides is 1. The van der Waals surface area contributed by atoms with Crippen LogP contribution < -0.4 is 11.5 Å². The van der Waals surface area contributed by atoms with Crippen LogP contribution in [0.3, 0.4) is 0 Å². The first-order chi connectivity index (χ1) is 8.59. The lowest BCUT2D eigenvalue weighted by Crippen LogP contribution is -2.51. The zero-order valence-corrected chi connectivity index (χ0v) is 10.3. The Morgan fingerprint density at radius 1 is 1.00 bits per heavy atom. The van der Waals surface area contributed by atoms with Crippen LogP contribution in [0.1, 0.15) is 13.3 Å². The average Bonchev–Trinajstić information content (AvgIpc) is 2.33. The molecule has 0 radical (unpaired) electrons. The maximum Gasteiger partial charge on any atom is 0.231 e. The van der Waals surface area contributed by atoms with E-state index in [1.807, 2.05) is 0 Å². The molecule has 5 atom stereocenters. The molecular weight excluding hydrogens is 260 g/mol. The second kappa shape index (κ2) is 7.26. The van der Waals surface area contributed by atoms with Crippen molar-refractivity contribution in [3.63, 3.8) is 0 Å². The summed E-state index contributed by atoms with van der Waals surface area (Å²) in [5.74, 6) is -3.68. The molecule has 1 amide bonds. The molecule has 0 aliphatic carbocycles. The molecule has 0 saturated carbocycles. The number of hydrogen-bond donors (Lipinski definition) is 6. The molecular formula is C10H18N2O7. The van der Waals surface area contributed by atoms with Crippen molar-refractivity contribution >= 4 is 17.5 Å². The van der Waals surface area contributed by atoms with Crippen LogP contribution in [0.15, 0.2) is 0 Å². The fraction of sp³-hybridized carbons (Fsp3) is 0.700. The van der Waals surface area contributed by atoms with Gasteiger partial charge in [0.1, 0.15) is 18.3 Å². The van der Waals surface area contributed by atoms with Crippen molar-refractivity contribution in [3.05, 3.63) is 0 Å². The van der Waals surface area contributed by atoms with Crippen molar-refractivity contribution < 1.29 is 34.8 Å². The number of hydrogen-bond acceptors (Lipinski definition) is 8. The highest BCUT2D eigenvalue weighted by Crippen LogP contribution is 2.07. The molecule has 110 valence electrons. The second-order valence-corrected chi connectivity index (χ2v) is 4.17. The number of amides is 1. The molecule has 0 unspecified atom stereocenters. The molecule has 0 saturated heterocycles. The van der Waals surface area contributed by atoms with Gasteiger partial charge in [-0.05, 0) is 6.92 Å². The molecule has 0 rings (SSSR count). The van der Waals surface area contributed by atoms with Crippen LogP contribution in [-0.2, 0) is 14.4 Å². The quantitative estimate of drug-likeness (QED) is 0.241. The molecule has 0 aromatic heterocycles. The predicted octanol–water partition coefficient (Wildman–Crippen LogP) is -4.21. The monoisotopic (exact) mass is 278 g/mol. The predicted molar refractivity (Wildman–Crippen MR) is 61.5 cm³/mol. The zero-order valence-electron chi connectivity index (χ0n) is 10.3. The first-order valence-corrected chi connectivity index (χ1v) is 5.43. The number of carbonyl (C=O) groups is 3. The van der Waals surface area contributed by atoms with Crippen molar-refractivity contribution in [3.8, 4) is 0 Å². The van der Waals surface area contributed by atoms with Gasteiger partial charge in [-0.25, -0.2) is 0 Å². The van der Waals surface area contributed by atoms with Gasteiger partial charge in [0, 0.05) is 6.42 Å². The summed E-state index contributed by atoms with van der Waals surface area (Å²) in [4.78, 5) is 33.4. The van der Waals surface area contributed by atoms with E-state index in [9.17, 15) is 29.7 Å². The Labute approximate surface area is 108 Å². The third-order valence-electron chi connectivity index (χ3n) is 2.44. The molecule has 0 aliphatic rings. The first-order valence-electron chi connectivity index (χ1n) is 5.43. The van der Waals surface area contributed by atoms with E-state index in [0.29, 0.717) is 0 Å².